The number of carbonyl (C=O) groups is 2. The molecule has 9 heteroatoms. The van der Waals surface area contributed by atoms with Crippen LogP contribution >= 0.6 is 11.8 Å². The van der Waals surface area contributed by atoms with Crippen molar-refractivity contribution in [2.24, 2.45) is 4.99 Å². The van der Waals surface area contributed by atoms with E-state index in [0.717, 1.165) is 17.3 Å². The van der Waals surface area contributed by atoms with Gasteiger partial charge in [0.15, 0.2) is 5.17 Å². The van der Waals surface area contributed by atoms with Gasteiger partial charge in [0, 0.05) is 12.1 Å². The van der Waals surface area contributed by atoms with Crippen LogP contribution in [0.2, 0.25) is 0 Å². The van der Waals surface area contributed by atoms with Gasteiger partial charge in [0.25, 0.3) is 15.9 Å². The lowest BCUT2D eigenvalue weighted by molar-refractivity contribution is -0.125. The normalized spacial score (nSPS) is 17.9. The van der Waals surface area contributed by atoms with Crippen molar-refractivity contribution in [3.63, 3.8) is 0 Å². The van der Waals surface area contributed by atoms with Crippen LogP contribution in [-0.4, -0.2) is 41.5 Å². The Hall–Kier alpha value is -2.91. The third-order valence-electron chi connectivity index (χ3n) is 4.32. The van der Waals surface area contributed by atoms with Crippen LogP contribution in [0.15, 0.2) is 77.1 Å². The lowest BCUT2D eigenvalue weighted by Crippen LogP contribution is -2.38. The highest BCUT2D eigenvalue weighted by Gasteiger charge is 2.46. The number of nitrogens with one attached hydrogen (secondary N) is 1. The van der Waals surface area contributed by atoms with E-state index in [-0.39, 0.29) is 28.9 Å². The third kappa shape index (κ3) is 4.63. The minimum absolute atomic E-state index is 0.0183. The number of benzene rings is 2. The van der Waals surface area contributed by atoms with Gasteiger partial charge in [-0.05, 0) is 30.7 Å². The van der Waals surface area contributed by atoms with Gasteiger partial charge in [-0.2, -0.15) is 4.31 Å². The number of carbonyl (C=O) groups excluding carboxylic acids is 2. The monoisotopic (exact) mass is 443 g/mol. The van der Waals surface area contributed by atoms with Gasteiger partial charge in [0.1, 0.15) is 5.25 Å². The number of amidine groups is 1. The molecule has 2 aromatic rings. The van der Waals surface area contributed by atoms with E-state index in [1.54, 1.807) is 30.3 Å². The van der Waals surface area contributed by atoms with Crippen molar-refractivity contribution in [3.8, 4) is 0 Å². The summed E-state index contributed by atoms with van der Waals surface area (Å²) in [6.07, 6.45) is 1.33. The molecule has 0 saturated carbocycles. The first kappa shape index (κ1) is 21.8. The summed E-state index contributed by atoms with van der Waals surface area (Å²) in [7, 11) is -4.14. The first-order valence-electron chi connectivity index (χ1n) is 9.16. The molecule has 0 spiro atoms. The molecule has 2 aromatic carbocycles. The molecule has 3 rings (SSSR count). The second-order valence-electron chi connectivity index (χ2n) is 6.51. The number of hydrogen-bond donors (Lipinski definition) is 1. The van der Waals surface area contributed by atoms with Gasteiger partial charge in [0.05, 0.1) is 11.4 Å². The zero-order chi connectivity index (χ0) is 21.7. The van der Waals surface area contributed by atoms with E-state index in [1.165, 1.54) is 18.2 Å². The van der Waals surface area contributed by atoms with Gasteiger partial charge in [-0.3, -0.25) is 14.6 Å². The molecule has 1 unspecified atom stereocenters. The quantitative estimate of drug-likeness (QED) is 0.663. The van der Waals surface area contributed by atoms with Crippen LogP contribution in [0.4, 0.5) is 5.69 Å². The lowest BCUT2D eigenvalue weighted by atomic mass is 10.2. The summed E-state index contributed by atoms with van der Waals surface area (Å²) in [6, 6.07) is 14.9. The maximum absolute atomic E-state index is 13.1. The van der Waals surface area contributed by atoms with Gasteiger partial charge < -0.3 is 5.32 Å². The van der Waals surface area contributed by atoms with E-state index in [2.05, 4.69) is 16.9 Å². The lowest BCUT2D eigenvalue weighted by Gasteiger charge is -2.16. The predicted molar refractivity (Wildman–Crippen MR) is 119 cm³/mol. The number of para-hydroxylation sites is 1. The average Bonchev–Trinajstić information content (AvgIpc) is 3.04. The molecule has 156 valence electrons. The molecular formula is C21H21N3O4S2. The summed E-state index contributed by atoms with van der Waals surface area (Å²) < 4.78 is 26.8. The van der Waals surface area contributed by atoms with E-state index < -0.39 is 21.2 Å². The summed E-state index contributed by atoms with van der Waals surface area (Å²) in [5.74, 6) is -1.07. The number of amides is 2. The van der Waals surface area contributed by atoms with Crippen molar-refractivity contribution in [2.75, 3.05) is 11.9 Å². The van der Waals surface area contributed by atoms with Gasteiger partial charge >= 0.3 is 0 Å². The Morgan fingerprint density at radius 2 is 1.87 bits per heavy atom. The van der Waals surface area contributed by atoms with Crippen LogP contribution in [0.25, 0.3) is 0 Å². The van der Waals surface area contributed by atoms with Crippen molar-refractivity contribution >= 4 is 44.5 Å². The van der Waals surface area contributed by atoms with Crippen molar-refractivity contribution in [3.05, 3.63) is 72.8 Å². The van der Waals surface area contributed by atoms with Crippen molar-refractivity contribution in [1.29, 1.82) is 0 Å². The number of anilines is 1. The highest BCUT2D eigenvalue weighted by Crippen LogP contribution is 2.34. The summed E-state index contributed by atoms with van der Waals surface area (Å²) in [5, 5.41) is 1.92. The molecule has 0 radical (unpaired) electrons. The van der Waals surface area contributed by atoms with Crippen molar-refractivity contribution in [2.45, 2.75) is 23.5 Å². The third-order valence-corrected chi connectivity index (χ3v) is 7.32. The molecule has 1 aliphatic rings. The summed E-state index contributed by atoms with van der Waals surface area (Å²) in [6.45, 7) is 5.59. The first-order chi connectivity index (χ1) is 14.3. The fraction of sp³-hybridized carbons (Fsp3) is 0.190. The fourth-order valence-corrected chi connectivity index (χ4v) is 5.69. The molecular weight excluding hydrogens is 422 g/mol. The Morgan fingerprint density at radius 3 is 2.53 bits per heavy atom. The van der Waals surface area contributed by atoms with Crippen molar-refractivity contribution in [1.82, 2.24) is 4.31 Å². The molecule has 7 nitrogen and oxygen atoms in total. The molecule has 30 heavy (non-hydrogen) atoms. The Labute approximate surface area is 179 Å². The maximum atomic E-state index is 13.1. The molecule has 1 saturated heterocycles. The standard InChI is InChI=1S/C21H21N3O4S2/c1-3-13-22-21-24(30(27,28)16-10-5-4-6-11-16)20(26)18(29-21)14-19(25)23-17-12-8-7-9-15(17)2/h3-12,18H,1,13-14H2,2H3,(H,23,25). The van der Waals surface area contributed by atoms with Crippen LogP contribution in [0.3, 0.4) is 0 Å². The average molecular weight is 444 g/mol. The number of sulfonamides is 1. The topological polar surface area (TPSA) is 95.9 Å². The van der Waals surface area contributed by atoms with E-state index in [0.29, 0.717) is 9.99 Å². The zero-order valence-electron chi connectivity index (χ0n) is 16.3. The van der Waals surface area contributed by atoms with Gasteiger partial charge in [-0.25, -0.2) is 8.42 Å². The van der Waals surface area contributed by atoms with E-state index >= 15 is 0 Å². The number of aryl methyl sites for hydroxylation is 1. The van der Waals surface area contributed by atoms with Gasteiger partial charge in [-0.1, -0.05) is 54.2 Å². The van der Waals surface area contributed by atoms with E-state index in [1.807, 2.05) is 19.1 Å². The molecule has 1 aliphatic heterocycles. The van der Waals surface area contributed by atoms with Crippen LogP contribution in [-0.2, 0) is 19.6 Å². The van der Waals surface area contributed by atoms with Crippen LogP contribution in [0.5, 0.6) is 0 Å². The minimum atomic E-state index is -4.14. The summed E-state index contributed by atoms with van der Waals surface area (Å²) in [4.78, 5) is 29.7. The number of aliphatic imine (C=N–C) groups is 1. The molecule has 1 N–H and O–H groups in total. The largest absolute Gasteiger partial charge is 0.326 e. The molecule has 0 bridgehead atoms. The van der Waals surface area contributed by atoms with Crippen molar-refractivity contribution < 1.29 is 18.0 Å². The SMILES string of the molecule is C=CCN=C1SC(CC(=O)Nc2ccccc2C)C(=O)N1S(=O)(=O)c1ccccc1. The molecule has 1 heterocycles. The Balaban J connectivity index is 1.84. The predicted octanol–water partition coefficient (Wildman–Crippen LogP) is 3.20. The number of hydrogen-bond acceptors (Lipinski definition) is 6. The summed E-state index contributed by atoms with van der Waals surface area (Å²) in [5.41, 5.74) is 1.53. The molecule has 2 amide bonds. The van der Waals surface area contributed by atoms with E-state index in [4.69, 9.17) is 0 Å². The summed E-state index contributed by atoms with van der Waals surface area (Å²) >= 11 is 0.970. The van der Waals surface area contributed by atoms with E-state index in [9.17, 15) is 18.0 Å². The smallest absolute Gasteiger partial charge is 0.272 e. The van der Waals surface area contributed by atoms with Crippen LogP contribution in [0.1, 0.15) is 12.0 Å². The maximum Gasteiger partial charge on any atom is 0.272 e. The van der Waals surface area contributed by atoms with Crippen LogP contribution in [0, 0.1) is 6.92 Å². The number of nitrogens with zero attached hydrogens (tertiary/aromatic N) is 2. The highest BCUT2D eigenvalue weighted by molar-refractivity contribution is 8.17. The number of thioether (sulfide) groups is 1. The van der Waals surface area contributed by atoms with Gasteiger partial charge in [-0.15, -0.1) is 6.58 Å². The number of rotatable bonds is 7. The fourth-order valence-electron chi connectivity index (χ4n) is 2.83. The second kappa shape index (κ2) is 9.27. The minimum Gasteiger partial charge on any atom is -0.326 e. The zero-order valence-corrected chi connectivity index (χ0v) is 17.9. The molecule has 0 aliphatic carbocycles. The second-order valence-corrected chi connectivity index (χ2v) is 9.46. The molecule has 1 fully saturated rings. The Morgan fingerprint density at radius 1 is 1.20 bits per heavy atom. The Kier molecular flexibility index (Phi) is 6.73. The Bertz CT molecular complexity index is 1100. The first-order valence-corrected chi connectivity index (χ1v) is 11.5. The highest BCUT2D eigenvalue weighted by atomic mass is 32.2. The molecule has 1 atom stereocenters. The molecule has 0 aromatic heterocycles. The van der Waals surface area contributed by atoms with Crippen LogP contribution < -0.4 is 5.32 Å². The van der Waals surface area contributed by atoms with Gasteiger partial charge in [0.2, 0.25) is 5.91 Å².